The maximum absolute atomic E-state index is 12.6. The highest BCUT2D eigenvalue weighted by Gasteiger charge is 2.59. The third-order valence-electron chi connectivity index (χ3n) is 5.56. The number of carbonyl (C=O) groups excluding carboxylic acids is 3. The van der Waals surface area contributed by atoms with Crippen LogP contribution < -0.4 is 4.74 Å². The number of halogens is 1. The first-order valence-electron chi connectivity index (χ1n) is 9.05. The third kappa shape index (κ3) is 3.05. The van der Waals surface area contributed by atoms with Gasteiger partial charge >= 0.3 is 5.97 Å². The van der Waals surface area contributed by atoms with Gasteiger partial charge in [-0.05, 0) is 64.9 Å². The average Bonchev–Trinajstić information content (AvgIpc) is 3.36. The largest absolute Gasteiger partial charge is 0.478 e. The topological polar surface area (TPSA) is 85.3 Å². The molecule has 7 nitrogen and oxygen atoms in total. The van der Waals surface area contributed by atoms with Crippen molar-refractivity contribution in [2.45, 2.75) is 19.4 Å². The van der Waals surface area contributed by atoms with Gasteiger partial charge in [0, 0.05) is 0 Å². The number of carbonyl (C=O) groups is 3. The summed E-state index contributed by atoms with van der Waals surface area (Å²) < 4.78 is 10.8. The Morgan fingerprint density at radius 1 is 1.25 bits per heavy atom. The van der Waals surface area contributed by atoms with Gasteiger partial charge in [0.2, 0.25) is 0 Å². The number of rotatable bonds is 5. The normalized spacial score (nSPS) is 28.9. The smallest absolute Gasteiger partial charge is 0.346 e. The molecule has 146 valence electrons. The molecule has 2 bridgehead atoms. The van der Waals surface area contributed by atoms with Crippen LogP contribution in [-0.2, 0) is 19.1 Å². The van der Waals surface area contributed by atoms with Crippen LogP contribution >= 0.6 is 15.9 Å². The number of methoxy groups -OCH3 is 1. The highest BCUT2D eigenvalue weighted by atomic mass is 79.9. The standard InChI is InChI=1S/C20H19BrN2O5/c1-10(20(26)27-2)28-15-6-3-11(7-14(15)21)9-22-23-18(24)16-12-4-5-13(8-12)17(16)19(23)25/h3-7,9-10,12-13,16-17H,8H2,1-2H3/t10-,12-,13-,16-,17+/m0/s1. The van der Waals surface area contributed by atoms with Crippen LogP contribution in [0.25, 0.3) is 0 Å². The fourth-order valence-corrected chi connectivity index (χ4v) is 4.71. The first-order valence-corrected chi connectivity index (χ1v) is 9.84. The fourth-order valence-electron chi connectivity index (χ4n) is 4.22. The molecule has 3 aliphatic rings. The number of ether oxygens (including phenoxy) is 2. The lowest BCUT2D eigenvalue weighted by molar-refractivity contribution is -0.148. The van der Waals surface area contributed by atoms with Gasteiger partial charge in [0.25, 0.3) is 11.8 Å². The first-order chi connectivity index (χ1) is 13.4. The number of imide groups is 1. The molecule has 28 heavy (non-hydrogen) atoms. The van der Waals surface area contributed by atoms with E-state index in [0.29, 0.717) is 15.8 Å². The molecule has 4 rings (SSSR count). The van der Waals surface area contributed by atoms with Gasteiger partial charge in [-0.25, -0.2) is 4.79 Å². The van der Waals surface area contributed by atoms with Crippen molar-refractivity contribution in [1.29, 1.82) is 0 Å². The highest BCUT2D eigenvalue weighted by molar-refractivity contribution is 9.10. The molecule has 0 aromatic heterocycles. The van der Waals surface area contributed by atoms with Crippen molar-refractivity contribution < 1.29 is 23.9 Å². The number of esters is 1. The minimum atomic E-state index is -0.746. The van der Waals surface area contributed by atoms with Crippen molar-refractivity contribution in [3.8, 4) is 5.75 Å². The van der Waals surface area contributed by atoms with Crippen LogP contribution in [-0.4, -0.2) is 42.2 Å². The minimum absolute atomic E-state index is 0.161. The van der Waals surface area contributed by atoms with Gasteiger partial charge in [0.05, 0.1) is 29.6 Å². The van der Waals surface area contributed by atoms with Crippen LogP contribution in [0.5, 0.6) is 5.75 Å². The number of hydrazone groups is 1. The zero-order chi connectivity index (χ0) is 20.0. The average molecular weight is 447 g/mol. The molecular formula is C20H19BrN2O5. The van der Waals surface area contributed by atoms with Gasteiger partial charge < -0.3 is 9.47 Å². The number of hydrogen-bond acceptors (Lipinski definition) is 6. The Hall–Kier alpha value is -2.48. The molecule has 0 N–H and O–H groups in total. The van der Waals surface area contributed by atoms with Gasteiger partial charge in [0.15, 0.2) is 6.10 Å². The van der Waals surface area contributed by atoms with E-state index in [-0.39, 0.29) is 35.5 Å². The summed E-state index contributed by atoms with van der Waals surface area (Å²) in [6, 6.07) is 5.14. The van der Waals surface area contributed by atoms with Crippen molar-refractivity contribution in [3.63, 3.8) is 0 Å². The fraction of sp³-hybridized carbons (Fsp3) is 0.400. The van der Waals surface area contributed by atoms with Crippen LogP contribution in [0.4, 0.5) is 0 Å². The maximum atomic E-state index is 12.6. The van der Waals surface area contributed by atoms with Gasteiger partial charge in [-0.15, -0.1) is 0 Å². The van der Waals surface area contributed by atoms with E-state index in [1.165, 1.54) is 13.3 Å². The molecule has 0 unspecified atom stereocenters. The van der Waals surface area contributed by atoms with Crippen LogP contribution in [0.2, 0.25) is 0 Å². The molecule has 5 atom stereocenters. The monoisotopic (exact) mass is 446 g/mol. The number of benzene rings is 1. The van der Waals surface area contributed by atoms with Gasteiger partial charge in [-0.1, -0.05) is 12.2 Å². The van der Waals surface area contributed by atoms with Crippen LogP contribution in [0.1, 0.15) is 18.9 Å². The van der Waals surface area contributed by atoms with Crippen molar-refractivity contribution >= 4 is 39.9 Å². The lowest BCUT2D eigenvalue weighted by Crippen LogP contribution is -2.28. The summed E-state index contributed by atoms with van der Waals surface area (Å²) in [5.41, 5.74) is 0.684. The second-order valence-corrected chi connectivity index (χ2v) is 8.06. The molecule has 8 heteroatoms. The molecule has 1 heterocycles. The number of nitrogens with zero attached hydrogens (tertiary/aromatic N) is 2. The number of fused-ring (bicyclic) bond motifs is 5. The maximum Gasteiger partial charge on any atom is 0.346 e. The second kappa shape index (κ2) is 7.16. The summed E-state index contributed by atoms with van der Waals surface area (Å²) in [4.78, 5) is 36.7. The van der Waals surface area contributed by atoms with Gasteiger partial charge in [-0.3, -0.25) is 9.59 Å². The molecule has 2 fully saturated rings. The minimum Gasteiger partial charge on any atom is -0.478 e. The van der Waals surface area contributed by atoms with E-state index >= 15 is 0 Å². The Labute approximate surface area is 170 Å². The molecule has 1 aromatic carbocycles. The van der Waals surface area contributed by atoms with Gasteiger partial charge in [0.1, 0.15) is 5.75 Å². The van der Waals surface area contributed by atoms with E-state index in [9.17, 15) is 14.4 Å². The van der Waals surface area contributed by atoms with E-state index in [2.05, 4.69) is 37.9 Å². The zero-order valence-corrected chi connectivity index (χ0v) is 17.0. The highest BCUT2D eigenvalue weighted by Crippen LogP contribution is 2.52. The Balaban J connectivity index is 1.47. The summed E-state index contributed by atoms with van der Waals surface area (Å²) in [5.74, 6) is -0.631. The molecular weight excluding hydrogens is 428 g/mol. The summed E-state index contributed by atoms with van der Waals surface area (Å²) in [5, 5.41) is 5.17. The first kappa shape index (κ1) is 18.9. The van der Waals surface area contributed by atoms with E-state index < -0.39 is 12.1 Å². The Bertz CT molecular complexity index is 882. The number of hydrogen-bond donors (Lipinski definition) is 0. The molecule has 1 saturated carbocycles. The summed E-state index contributed by atoms with van der Waals surface area (Å²) in [6.45, 7) is 1.59. The lowest BCUT2D eigenvalue weighted by Gasteiger charge is -2.14. The number of amides is 2. The molecule has 1 aromatic rings. The van der Waals surface area contributed by atoms with E-state index in [4.69, 9.17) is 4.74 Å². The summed E-state index contributed by atoms with van der Waals surface area (Å²) in [6.07, 6.45) is 5.72. The lowest BCUT2D eigenvalue weighted by atomic mass is 9.85. The number of allylic oxidation sites excluding steroid dienone is 2. The predicted molar refractivity (Wildman–Crippen MR) is 103 cm³/mol. The SMILES string of the molecule is COC(=O)[C@H](C)Oc1ccc(C=NN2C(=O)[C@@H]3[C@H](C2=O)[C@H]2C=C[C@H]3C2)cc1Br. The van der Waals surface area contributed by atoms with E-state index in [1.807, 2.05) is 0 Å². The van der Waals surface area contributed by atoms with Gasteiger partial charge in [-0.2, -0.15) is 10.1 Å². The molecule has 0 spiro atoms. The predicted octanol–water partition coefficient (Wildman–Crippen LogP) is 2.53. The molecule has 1 saturated heterocycles. The second-order valence-electron chi connectivity index (χ2n) is 7.21. The van der Waals surface area contributed by atoms with Crippen molar-refractivity contribution in [2.75, 3.05) is 7.11 Å². The Morgan fingerprint density at radius 2 is 1.89 bits per heavy atom. The van der Waals surface area contributed by atoms with E-state index in [0.717, 1.165) is 11.4 Å². The third-order valence-corrected chi connectivity index (χ3v) is 6.18. The molecule has 2 aliphatic carbocycles. The van der Waals surface area contributed by atoms with Crippen molar-refractivity contribution in [1.82, 2.24) is 5.01 Å². The van der Waals surface area contributed by atoms with Crippen molar-refractivity contribution in [2.24, 2.45) is 28.8 Å². The van der Waals surface area contributed by atoms with Crippen molar-refractivity contribution in [3.05, 3.63) is 40.4 Å². The van der Waals surface area contributed by atoms with Crippen LogP contribution in [0.15, 0.2) is 39.9 Å². The molecule has 0 radical (unpaired) electrons. The molecule has 2 amide bonds. The van der Waals surface area contributed by atoms with Crippen LogP contribution in [0, 0.1) is 23.7 Å². The van der Waals surface area contributed by atoms with E-state index in [1.54, 1.807) is 25.1 Å². The summed E-state index contributed by atoms with van der Waals surface area (Å²) >= 11 is 3.39. The quantitative estimate of drug-likeness (QED) is 0.300. The molecule has 1 aliphatic heterocycles. The summed E-state index contributed by atoms with van der Waals surface area (Å²) in [7, 11) is 1.30. The Morgan fingerprint density at radius 3 is 2.46 bits per heavy atom. The Kier molecular flexibility index (Phi) is 4.82. The van der Waals surface area contributed by atoms with Crippen LogP contribution in [0.3, 0.4) is 0 Å². The zero-order valence-electron chi connectivity index (χ0n) is 15.4.